The monoisotopic (exact) mass is 426 g/mol. The highest BCUT2D eigenvalue weighted by Crippen LogP contribution is 2.19. The molecule has 1 aromatic rings. The largest absolute Gasteiger partial charge is 0.381 e. The molecule has 0 aliphatic carbocycles. The Hall–Kier alpha value is -1.97. The summed E-state index contributed by atoms with van der Waals surface area (Å²) in [6, 6.07) is 7.09. The second-order valence-corrected chi connectivity index (χ2v) is 8.71. The van der Waals surface area contributed by atoms with Crippen molar-refractivity contribution in [2.45, 2.75) is 44.9 Å². The number of hydrogen-bond donors (Lipinski definition) is 1. The molecule has 29 heavy (non-hydrogen) atoms. The topological polar surface area (TPSA) is 102 Å². The quantitative estimate of drug-likeness (QED) is 0.279. The van der Waals surface area contributed by atoms with E-state index in [1.807, 2.05) is 18.2 Å². The van der Waals surface area contributed by atoms with Crippen molar-refractivity contribution in [2.75, 3.05) is 37.5 Å². The third kappa shape index (κ3) is 8.93. The molecule has 3 amide bonds. The first-order chi connectivity index (χ1) is 13.9. The van der Waals surface area contributed by atoms with Crippen molar-refractivity contribution >= 4 is 27.7 Å². The SMILES string of the molecule is CS(=O)(=O)OCCCCCCCOCCCc1cccc(N2C(=O)CNC2=O)c1. The van der Waals surface area contributed by atoms with Gasteiger partial charge >= 0.3 is 6.03 Å². The minimum atomic E-state index is -3.32. The van der Waals surface area contributed by atoms with E-state index in [4.69, 9.17) is 8.92 Å². The summed E-state index contributed by atoms with van der Waals surface area (Å²) in [6.45, 7) is 1.68. The number of aryl methyl sites for hydroxylation is 1. The van der Waals surface area contributed by atoms with E-state index in [0.717, 1.165) is 56.8 Å². The number of urea groups is 1. The molecule has 0 atom stereocenters. The van der Waals surface area contributed by atoms with E-state index in [1.54, 1.807) is 6.07 Å². The second kappa shape index (κ2) is 11.9. The first-order valence-electron chi connectivity index (χ1n) is 9.99. The molecule has 0 radical (unpaired) electrons. The Morgan fingerprint density at radius 3 is 2.38 bits per heavy atom. The Morgan fingerprint density at radius 2 is 1.69 bits per heavy atom. The van der Waals surface area contributed by atoms with Crippen molar-refractivity contribution < 1.29 is 26.9 Å². The van der Waals surface area contributed by atoms with Gasteiger partial charge in [-0.15, -0.1) is 0 Å². The first-order valence-corrected chi connectivity index (χ1v) is 11.8. The molecular formula is C20H30N2O6S. The van der Waals surface area contributed by atoms with Crippen LogP contribution in [0.2, 0.25) is 0 Å². The summed E-state index contributed by atoms with van der Waals surface area (Å²) >= 11 is 0. The third-order valence-corrected chi connectivity index (χ3v) is 5.09. The van der Waals surface area contributed by atoms with Gasteiger partial charge in [0, 0.05) is 13.2 Å². The lowest BCUT2D eigenvalue weighted by atomic mass is 10.1. The van der Waals surface area contributed by atoms with Crippen molar-refractivity contribution in [2.24, 2.45) is 0 Å². The van der Waals surface area contributed by atoms with E-state index in [2.05, 4.69) is 5.32 Å². The van der Waals surface area contributed by atoms with Crippen LogP contribution in [0.3, 0.4) is 0 Å². The number of rotatable bonds is 14. The van der Waals surface area contributed by atoms with Crippen LogP contribution in [-0.4, -0.2) is 53.0 Å². The van der Waals surface area contributed by atoms with Crippen LogP contribution < -0.4 is 10.2 Å². The summed E-state index contributed by atoms with van der Waals surface area (Å²) in [7, 11) is -3.32. The van der Waals surface area contributed by atoms with Crippen LogP contribution in [0.5, 0.6) is 0 Å². The van der Waals surface area contributed by atoms with Crippen molar-refractivity contribution in [1.29, 1.82) is 0 Å². The molecular weight excluding hydrogens is 396 g/mol. The molecule has 1 N–H and O–H groups in total. The molecule has 8 nitrogen and oxygen atoms in total. The summed E-state index contributed by atoms with van der Waals surface area (Å²) in [5.74, 6) is -0.238. The lowest BCUT2D eigenvalue weighted by Crippen LogP contribution is -2.30. The molecule has 0 aromatic heterocycles. The molecule has 9 heteroatoms. The Kier molecular flexibility index (Phi) is 9.56. The molecule has 0 spiro atoms. The van der Waals surface area contributed by atoms with Gasteiger partial charge in [0.25, 0.3) is 16.0 Å². The van der Waals surface area contributed by atoms with Gasteiger partial charge in [-0.05, 0) is 43.4 Å². The summed E-state index contributed by atoms with van der Waals surface area (Å²) in [4.78, 5) is 24.7. The van der Waals surface area contributed by atoms with Crippen LogP contribution in [0.15, 0.2) is 24.3 Å². The smallest absolute Gasteiger partial charge is 0.329 e. The maximum absolute atomic E-state index is 11.8. The second-order valence-electron chi connectivity index (χ2n) is 7.07. The highest BCUT2D eigenvalue weighted by molar-refractivity contribution is 7.85. The van der Waals surface area contributed by atoms with Gasteiger partial charge in [-0.3, -0.25) is 8.98 Å². The average Bonchev–Trinajstić information content (AvgIpc) is 3.00. The van der Waals surface area contributed by atoms with Crippen LogP contribution >= 0.6 is 0 Å². The van der Waals surface area contributed by atoms with Gasteiger partial charge in [0.2, 0.25) is 0 Å². The zero-order chi connectivity index (χ0) is 21.1. The van der Waals surface area contributed by atoms with Gasteiger partial charge in [-0.25, -0.2) is 9.69 Å². The fourth-order valence-corrected chi connectivity index (χ4v) is 3.48. The van der Waals surface area contributed by atoms with Crippen LogP contribution in [0.4, 0.5) is 10.5 Å². The summed E-state index contributed by atoms with van der Waals surface area (Å²) in [6.07, 6.45) is 7.51. The standard InChI is InChI=1S/C20H30N2O6S/c1-29(25,26)28-14-6-4-2-3-5-12-27-13-8-10-17-9-7-11-18(15-17)22-19(23)16-21-20(22)24/h7,9,11,15H,2-6,8,10,12-14,16H2,1H3,(H,21,24). The van der Waals surface area contributed by atoms with Gasteiger partial charge in [0.1, 0.15) is 0 Å². The van der Waals surface area contributed by atoms with Crippen LogP contribution in [0.1, 0.15) is 44.1 Å². The molecule has 2 rings (SSSR count). The van der Waals surface area contributed by atoms with Crippen molar-refractivity contribution in [3.8, 4) is 0 Å². The van der Waals surface area contributed by atoms with E-state index < -0.39 is 10.1 Å². The minimum absolute atomic E-state index is 0.0470. The van der Waals surface area contributed by atoms with E-state index in [-0.39, 0.29) is 25.1 Å². The lowest BCUT2D eigenvalue weighted by molar-refractivity contribution is -0.115. The average molecular weight is 427 g/mol. The number of nitrogens with zero attached hydrogens (tertiary/aromatic N) is 1. The van der Waals surface area contributed by atoms with E-state index in [1.165, 1.54) is 4.90 Å². The van der Waals surface area contributed by atoms with Gasteiger partial charge < -0.3 is 10.1 Å². The predicted molar refractivity (Wildman–Crippen MR) is 110 cm³/mol. The number of imide groups is 1. The summed E-state index contributed by atoms with van der Waals surface area (Å²) < 4.78 is 32.0. The number of carbonyl (C=O) groups is 2. The number of hydrogen-bond acceptors (Lipinski definition) is 6. The molecule has 1 heterocycles. The number of carbonyl (C=O) groups excluding carboxylic acids is 2. The van der Waals surface area contributed by atoms with Gasteiger partial charge in [0.15, 0.2) is 0 Å². The normalized spacial score (nSPS) is 14.4. The highest BCUT2D eigenvalue weighted by atomic mass is 32.2. The highest BCUT2D eigenvalue weighted by Gasteiger charge is 2.29. The molecule has 1 aliphatic rings. The first kappa shape index (κ1) is 23.3. The van der Waals surface area contributed by atoms with E-state index >= 15 is 0 Å². The number of ether oxygens (including phenoxy) is 1. The Morgan fingerprint density at radius 1 is 1.00 bits per heavy atom. The van der Waals surface area contributed by atoms with Crippen molar-refractivity contribution in [3.63, 3.8) is 0 Å². The maximum Gasteiger partial charge on any atom is 0.329 e. The number of amides is 3. The summed E-state index contributed by atoms with van der Waals surface area (Å²) in [5.41, 5.74) is 1.67. The van der Waals surface area contributed by atoms with Crippen molar-refractivity contribution in [3.05, 3.63) is 29.8 Å². The van der Waals surface area contributed by atoms with Crippen LogP contribution in [-0.2, 0) is 30.3 Å². The zero-order valence-corrected chi connectivity index (χ0v) is 17.7. The van der Waals surface area contributed by atoms with E-state index in [9.17, 15) is 18.0 Å². The molecule has 1 aromatic carbocycles. The van der Waals surface area contributed by atoms with Crippen molar-refractivity contribution in [1.82, 2.24) is 5.32 Å². The number of benzene rings is 1. The maximum atomic E-state index is 11.8. The number of unbranched alkanes of at least 4 members (excludes halogenated alkanes) is 4. The summed E-state index contributed by atoms with van der Waals surface area (Å²) in [5, 5.41) is 2.52. The van der Waals surface area contributed by atoms with Crippen LogP contribution in [0.25, 0.3) is 0 Å². The number of nitrogens with one attached hydrogen (secondary N) is 1. The molecule has 1 fully saturated rings. The number of anilines is 1. The van der Waals surface area contributed by atoms with Crippen LogP contribution in [0, 0.1) is 0 Å². The van der Waals surface area contributed by atoms with E-state index in [0.29, 0.717) is 18.9 Å². The Bertz CT molecular complexity index is 765. The molecule has 0 unspecified atom stereocenters. The van der Waals surface area contributed by atoms with Gasteiger partial charge in [-0.2, -0.15) is 8.42 Å². The Labute approximate surface area is 172 Å². The van der Waals surface area contributed by atoms with Gasteiger partial charge in [-0.1, -0.05) is 31.4 Å². The fourth-order valence-electron chi connectivity index (χ4n) is 3.06. The molecule has 1 saturated heterocycles. The predicted octanol–water partition coefficient (Wildman–Crippen LogP) is 2.62. The molecule has 162 valence electrons. The molecule has 0 bridgehead atoms. The Balaban J connectivity index is 1.51. The van der Waals surface area contributed by atoms with Gasteiger partial charge in [0.05, 0.1) is 25.1 Å². The zero-order valence-electron chi connectivity index (χ0n) is 16.9. The third-order valence-electron chi connectivity index (χ3n) is 4.50. The molecule has 0 saturated carbocycles. The molecule has 1 aliphatic heterocycles. The minimum Gasteiger partial charge on any atom is -0.381 e. The lowest BCUT2D eigenvalue weighted by Gasteiger charge is -2.13. The fraction of sp³-hybridized carbons (Fsp3) is 0.600.